The summed E-state index contributed by atoms with van der Waals surface area (Å²) in [7, 11) is 1.54. The first kappa shape index (κ1) is 28.9. The zero-order chi connectivity index (χ0) is 32.7. The number of aromatic nitrogens is 4. The van der Waals surface area contributed by atoms with Crippen LogP contribution in [-0.4, -0.2) is 54.9 Å². The van der Waals surface area contributed by atoms with E-state index < -0.39 is 23.7 Å². The highest BCUT2D eigenvalue weighted by atomic mass is 35.5. The van der Waals surface area contributed by atoms with Gasteiger partial charge in [0.15, 0.2) is 17.0 Å². The fourth-order valence-corrected chi connectivity index (χ4v) is 8.13. The SMILES string of the molecule is CNC(=O)C12CC1C(n1cnc3c(NCc4cccc(Cl)c4)nc(C#Cc4cc5cccc6ccc7cccc4c7c65)nc31)C(O)C2O. The first-order valence-corrected chi connectivity index (χ1v) is 16.2. The predicted molar refractivity (Wildman–Crippen MR) is 186 cm³/mol. The van der Waals surface area contributed by atoms with Crippen molar-refractivity contribution < 1.29 is 15.0 Å². The fourth-order valence-electron chi connectivity index (χ4n) is 7.92. The number of aliphatic hydroxyl groups excluding tert-OH is 2. The number of fused-ring (bicyclic) bond motifs is 2. The van der Waals surface area contributed by atoms with E-state index in [1.54, 1.807) is 17.9 Å². The Bertz CT molecular complexity index is 2500. The summed E-state index contributed by atoms with van der Waals surface area (Å²) < 4.78 is 1.76. The van der Waals surface area contributed by atoms with Gasteiger partial charge in [-0.3, -0.25) is 4.79 Å². The number of hydrogen-bond donors (Lipinski definition) is 4. The molecule has 0 saturated heterocycles. The molecule has 9 rings (SSSR count). The van der Waals surface area contributed by atoms with Crippen LogP contribution in [0.1, 0.15) is 29.4 Å². The molecule has 9 nitrogen and oxygen atoms in total. The van der Waals surface area contributed by atoms with Gasteiger partial charge in [-0.25, -0.2) is 15.0 Å². The standard InChI is InChI=1S/C38H29ClN6O3/c1-40-37(48)38-17-27(38)32(33(46)34(38)47)45-19-42-31-35(41-18-20-5-2-9-25(39)15-20)43-28(44-36(31)45)14-13-23-16-24-8-3-6-21-11-12-22-7-4-10-26(23)30(22)29(21)24/h2-12,15-16,19,27,32-34,46-47H,17-18H2,1H3,(H,40,48)(H,41,43,44). The van der Waals surface area contributed by atoms with E-state index in [9.17, 15) is 15.0 Å². The molecule has 1 amide bonds. The Labute approximate surface area is 279 Å². The second-order valence-electron chi connectivity index (χ2n) is 12.8. The topological polar surface area (TPSA) is 125 Å². The highest BCUT2D eigenvalue weighted by Gasteiger charge is 2.75. The molecule has 2 aromatic heterocycles. The van der Waals surface area contributed by atoms with E-state index in [1.807, 2.05) is 30.3 Å². The molecule has 2 aliphatic carbocycles. The molecule has 5 unspecified atom stereocenters. The summed E-state index contributed by atoms with van der Waals surface area (Å²) in [5, 5.41) is 35.8. The van der Waals surface area contributed by atoms with E-state index in [4.69, 9.17) is 21.6 Å². The van der Waals surface area contributed by atoms with Gasteiger partial charge in [0.25, 0.3) is 0 Å². The van der Waals surface area contributed by atoms with Crippen LogP contribution in [0.3, 0.4) is 0 Å². The van der Waals surface area contributed by atoms with Gasteiger partial charge in [-0.1, -0.05) is 78.2 Å². The lowest BCUT2D eigenvalue weighted by Crippen LogP contribution is -2.41. The maximum absolute atomic E-state index is 12.8. The third-order valence-electron chi connectivity index (χ3n) is 10.2. The molecule has 0 spiro atoms. The third-order valence-corrected chi connectivity index (χ3v) is 10.5. The highest BCUT2D eigenvalue weighted by Crippen LogP contribution is 2.67. The lowest BCUT2D eigenvalue weighted by atomic mass is 9.91. The van der Waals surface area contributed by atoms with Crippen molar-refractivity contribution in [1.82, 2.24) is 24.8 Å². The van der Waals surface area contributed by atoms with Crippen LogP contribution in [0.25, 0.3) is 43.5 Å². The van der Waals surface area contributed by atoms with Gasteiger partial charge in [0.1, 0.15) is 6.10 Å². The lowest BCUT2D eigenvalue weighted by molar-refractivity contribution is -0.132. The Balaban J connectivity index is 1.18. The smallest absolute Gasteiger partial charge is 0.229 e. The summed E-state index contributed by atoms with van der Waals surface area (Å²) in [4.78, 5) is 27.1. The van der Waals surface area contributed by atoms with E-state index in [-0.39, 0.29) is 17.6 Å². The van der Waals surface area contributed by atoms with E-state index in [2.05, 4.69) is 76.0 Å². The van der Waals surface area contributed by atoms with E-state index >= 15 is 0 Å². The number of nitrogens with one attached hydrogen (secondary N) is 2. The number of amides is 1. The van der Waals surface area contributed by atoms with Gasteiger partial charge in [0.05, 0.1) is 23.9 Å². The average molecular weight is 653 g/mol. The molecule has 2 aliphatic rings. The minimum atomic E-state index is -1.21. The monoisotopic (exact) mass is 652 g/mol. The molecule has 2 heterocycles. The second kappa shape index (κ2) is 10.6. The van der Waals surface area contributed by atoms with Gasteiger partial charge < -0.3 is 25.4 Å². The van der Waals surface area contributed by atoms with Crippen LogP contribution in [-0.2, 0) is 11.3 Å². The van der Waals surface area contributed by atoms with Crippen LogP contribution in [0.15, 0.2) is 85.2 Å². The number of anilines is 1. The van der Waals surface area contributed by atoms with Crippen molar-refractivity contribution >= 4 is 66.8 Å². The van der Waals surface area contributed by atoms with Crippen molar-refractivity contribution in [3.05, 3.63) is 107 Å². The van der Waals surface area contributed by atoms with Crippen molar-refractivity contribution in [3.63, 3.8) is 0 Å². The number of imidazole rings is 1. The van der Waals surface area contributed by atoms with Gasteiger partial charge in [-0.2, -0.15) is 0 Å². The Morgan fingerprint density at radius 3 is 2.56 bits per heavy atom. The van der Waals surface area contributed by atoms with Crippen molar-refractivity contribution in [3.8, 4) is 11.8 Å². The minimum Gasteiger partial charge on any atom is -0.389 e. The molecule has 236 valence electrons. The number of carbonyl (C=O) groups is 1. The summed E-state index contributed by atoms with van der Waals surface area (Å²) in [6.07, 6.45) is -0.330. The number of hydrogen-bond acceptors (Lipinski definition) is 7. The normalized spacial score (nSPS) is 23.0. The Morgan fingerprint density at radius 2 is 1.75 bits per heavy atom. The number of rotatable bonds is 5. The zero-order valence-electron chi connectivity index (χ0n) is 25.8. The first-order valence-electron chi connectivity index (χ1n) is 15.9. The summed E-state index contributed by atoms with van der Waals surface area (Å²) in [6.45, 7) is 0.424. The number of carbonyl (C=O) groups excluding carboxylic acids is 1. The quantitative estimate of drug-likeness (QED) is 0.145. The van der Waals surface area contributed by atoms with Gasteiger partial charge in [0, 0.05) is 30.1 Å². The largest absolute Gasteiger partial charge is 0.389 e. The molecule has 7 aromatic rings. The van der Waals surface area contributed by atoms with Crippen LogP contribution in [0.5, 0.6) is 0 Å². The number of halogens is 1. The summed E-state index contributed by atoms with van der Waals surface area (Å²) in [6, 6.07) is 25.9. The highest BCUT2D eigenvalue weighted by molar-refractivity contribution is 6.30. The van der Waals surface area contributed by atoms with Crippen molar-refractivity contribution in [2.24, 2.45) is 11.3 Å². The molecular formula is C38H29ClN6O3. The molecular weight excluding hydrogens is 624 g/mol. The zero-order valence-corrected chi connectivity index (χ0v) is 26.5. The van der Waals surface area contributed by atoms with Gasteiger partial charge in [-0.05, 0) is 68.4 Å². The molecule has 2 saturated carbocycles. The maximum atomic E-state index is 12.8. The number of nitrogens with zero attached hydrogens (tertiary/aromatic N) is 4. The van der Waals surface area contributed by atoms with Crippen LogP contribution < -0.4 is 10.6 Å². The van der Waals surface area contributed by atoms with Crippen molar-refractivity contribution in [1.29, 1.82) is 0 Å². The van der Waals surface area contributed by atoms with Gasteiger partial charge >= 0.3 is 0 Å². The molecule has 2 fully saturated rings. The third kappa shape index (κ3) is 4.20. The van der Waals surface area contributed by atoms with Crippen molar-refractivity contribution in [2.75, 3.05) is 12.4 Å². The van der Waals surface area contributed by atoms with E-state index in [0.29, 0.717) is 35.0 Å². The molecule has 48 heavy (non-hydrogen) atoms. The van der Waals surface area contributed by atoms with E-state index in [1.165, 1.54) is 16.2 Å². The van der Waals surface area contributed by atoms with Crippen LogP contribution in [0, 0.1) is 23.2 Å². The number of benzene rings is 5. The minimum absolute atomic E-state index is 0.268. The Morgan fingerprint density at radius 1 is 0.979 bits per heavy atom. The second-order valence-corrected chi connectivity index (χ2v) is 13.2. The summed E-state index contributed by atoms with van der Waals surface area (Å²) in [5.41, 5.74) is 1.72. The average Bonchev–Trinajstić information content (AvgIpc) is 3.64. The van der Waals surface area contributed by atoms with Crippen molar-refractivity contribution in [2.45, 2.75) is 31.2 Å². The molecule has 4 N–H and O–H groups in total. The fraction of sp³-hybridized carbons (Fsp3) is 0.211. The van der Waals surface area contributed by atoms with Crippen LogP contribution in [0.2, 0.25) is 5.02 Å². The molecule has 0 bridgehead atoms. The molecule has 5 atom stereocenters. The Kier molecular flexibility index (Phi) is 6.40. The van der Waals surface area contributed by atoms with Gasteiger partial charge in [-0.15, -0.1) is 0 Å². The molecule has 0 radical (unpaired) electrons. The van der Waals surface area contributed by atoms with Crippen LogP contribution >= 0.6 is 11.6 Å². The maximum Gasteiger partial charge on any atom is 0.229 e. The summed E-state index contributed by atoms with van der Waals surface area (Å²) in [5.74, 6) is 6.78. The lowest BCUT2D eigenvalue weighted by Gasteiger charge is -2.23. The van der Waals surface area contributed by atoms with E-state index in [0.717, 1.165) is 27.3 Å². The summed E-state index contributed by atoms with van der Waals surface area (Å²) >= 11 is 6.25. The molecule has 0 aliphatic heterocycles. The van der Waals surface area contributed by atoms with Crippen LogP contribution in [0.4, 0.5) is 5.82 Å². The molecule has 10 heteroatoms. The van der Waals surface area contributed by atoms with Gasteiger partial charge in [0.2, 0.25) is 11.7 Å². The predicted octanol–water partition coefficient (Wildman–Crippen LogP) is 5.42. The number of aliphatic hydroxyl groups is 2. The molecule has 5 aromatic carbocycles. The first-order chi connectivity index (χ1) is 23.4. The Hall–Kier alpha value is -5.27.